The molecule has 0 unspecified atom stereocenters. The largest absolute Gasteiger partial charge is 0.351 e. The number of carbonyl (C=O) groups excluding carboxylic acids is 1. The molecular weight excluding hydrogens is 284 g/mol. The molecule has 21 heavy (non-hydrogen) atoms. The molecule has 0 atom stereocenters. The van der Waals surface area contributed by atoms with Crippen molar-refractivity contribution in [2.45, 2.75) is 6.42 Å². The normalized spacial score (nSPS) is 10.7. The number of nitriles is 1. The zero-order valence-corrected chi connectivity index (χ0v) is 12.1. The van der Waals surface area contributed by atoms with E-state index in [0.717, 1.165) is 12.0 Å². The van der Waals surface area contributed by atoms with Gasteiger partial charge in [0, 0.05) is 24.3 Å². The fraction of sp³-hybridized carbons (Fsp3) is 0.133. The van der Waals surface area contributed by atoms with Gasteiger partial charge in [-0.25, -0.2) is 4.98 Å². The van der Waals surface area contributed by atoms with Gasteiger partial charge in [-0.2, -0.15) is 5.26 Å². The molecule has 0 saturated heterocycles. The third kappa shape index (κ3) is 4.75. The predicted molar refractivity (Wildman–Crippen MR) is 82.6 cm³/mol. The van der Waals surface area contributed by atoms with E-state index in [1.807, 2.05) is 41.8 Å². The van der Waals surface area contributed by atoms with E-state index in [-0.39, 0.29) is 5.57 Å². The predicted octanol–water partition coefficient (Wildman–Crippen LogP) is 2.32. The second kappa shape index (κ2) is 7.82. The summed E-state index contributed by atoms with van der Waals surface area (Å²) < 4.78 is 0. The molecule has 6 heteroatoms. The quantitative estimate of drug-likeness (QED) is 0.634. The van der Waals surface area contributed by atoms with Gasteiger partial charge in [-0.05, 0) is 12.0 Å². The molecule has 0 saturated carbocycles. The standard InChI is InChI=1S/C15H14N4OS/c16-10-13(11-19-15-18-8-9-21-15)14(20)17-7-6-12-4-2-1-3-5-12/h1-5,8-9,11H,6-7H2,(H,17,20)(H,18,19)/b13-11-. The molecule has 0 bridgehead atoms. The summed E-state index contributed by atoms with van der Waals surface area (Å²) in [6.45, 7) is 0.485. The van der Waals surface area contributed by atoms with Gasteiger partial charge in [0.05, 0.1) is 0 Å². The van der Waals surface area contributed by atoms with E-state index in [2.05, 4.69) is 15.6 Å². The Morgan fingerprint density at radius 2 is 2.19 bits per heavy atom. The summed E-state index contributed by atoms with van der Waals surface area (Å²) in [5, 5.41) is 17.0. The summed E-state index contributed by atoms with van der Waals surface area (Å²) in [5.41, 5.74) is 1.17. The molecule has 106 valence electrons. The van der Waals surface area contributed by atoms with Crippen molar-refractivity contribution in [1.82, 2.24) is 10.3 Å². The lowest BCUT2D eigenvalue weighted by Gasteiger charge is -2.04. The summed E-state index contributed by atoms with van der Waals surface area (Å²) in [5.74, 6) is -0.391. The highest BCUT2D eigenvalue weighted by Gasteiger charge is 2.08. The minimum absolute atomic E-state index is 0.0262. The second-order valence-corrected chi connectivity index (χ2v) is 5.04. The first-order valence-corrected chi connectivity index (χ1v) is 7.26. The molecule has 0 fully saturated rings. The van der Waals surface area contributed by atoms with Crippen LogP contribution in [0.2, 0.25) is 0 Å². The summed E-state index contributed by atoms with van der Waals surface area (Å²) in [4.78, 5) is 15.9. The van der Waals surface area contributed by atoms with E-state index < -0.39 is 5.91 Å². The number of benzene rings is 1. The second-order valence-electron chi connectivity index (χ2n) is 4.14. The third-order valence-corrected chi connectivity index (χ3v) is 3.38. The molecule has 0 radical (unpaired) electrons. The molecule has 0 aliphatic rings. The van der Waals surface area contributed by atoms with Crippen LogP contribution in [0.5, 0.6) is 0 Å². The van der Waals surface area contributed by atoms with Gasteiger partial charge < -0.3 is 10.6 Å². The first-order chi connectivity index (χ1) is 10.3. The van der Waals surface area contributed by atoms with Crippen molar-refractivity contribution in [1.29, 1.82) is 5.26 Å². The summed E-state index contributed by atoms with van der Waals surface area (Å²) in [6.07, 6.45) is 3.74. The van der Waals surface area contributed by atoms with Crippen LogP contribution in [0.3, 0.4) is 0 Å². The number of hydrogen-bond donors (Lipinski definition) is 2. The topological polar surface area (TPSA) is 77.8 Å². The lowest BCUT2D eigenvalue weighted by Crippen LogP contribution is -2.27. The molecule has 2 N–H and O–H groups in total. The van der Waals surface area contributed by atoms with Crippen LogP contribution < -0.4 is 10.6 Å². The highest BCUT2D eigenvalue weighted by Crippen LogP contribution is 2.10. The molecular formula is C15H14N4OS. The Labute approximate surface area is 127 Å². The Kier molecular flexibility index (Phi) is 5.50. The van der Waals surface area contributed by atoms with Gasteiger partial charge in [0.2, 0.25) is 0 Å². The van der Waals surface area contributed by atoms with Crippen molar-refractivity contribution in [2.75, 3.05) is 11.9 Å². The number of nitrogens with zero attached hydrogens (tertiary/aromatic N) is 2. The maximum atomic E-state index is 11.9. The molecule has 1 heterocycles. The molecule has 2 rings (SSSR count). The number of rotatable bonds is 6. The van der Waals surface area contributed by atoms with Gasteiger partial charge in [-0.1, -0.05) is 30.3 Å². The Bertz CT molecular complexity index is 644. The number of thiazole rings is 1. The number of amides is 1. The fourth-order valence-electron chi connectivity index (χ4n) is 1.64. The molecule has 0 spiro atoms. The molecule has 0 aliphatic carbocycles. The highest BCUT2D eigenvalue weighted by molar-refractivity contribution is 7.13. The zero-order valence-electron chi connectivity index (χ0n) is 11.2. The smallest absolute Gasteiger partial charge is 0.263 e. The van der Waals surface area contributed by atoms with Crippen LogP contribution in [0.4, 0.5) is 5.13 Å². The average Bonchev–Trinajstić information content (AvgIpc) is 3.02. The Morgan fingerprint density at radius 1 is 1.38 bits per heavy atom. The highest BCUT2D eigenvalue weighted by atomic mass is 32.1. The summed E-state index contributed by atoms with van der Waals surface area (Å²) in [7, 11) is 0. The van der Waals surface area contributed by atoms with E-state index in [1.54, 1.807) is 6.20 Å². The average molecular weight is 298 g/mol. The minimum Gasteiger partial charge on any atom is -0.351 e. The monoisotopic (exact) mass is 298 g/mol. The maximum Gasteiger partial charge on any atom is 0.263 e. The van der Waals surface area contributed by atoms with Crippen LogP contribution in [0.25, 0.3) is 0 Å². The first-order valence-electron chi connectivity index (χ1n) is 6.38. The lowest BCUT2D eigenvalue weighted by atomic mass is 10.1. The van der Waals surface area contributed by atoms with E-state index in [9.17, 15) is 4.79 Å². The Balaban J connectivity index is 1.83. The molecule has 2 aromatic rings. The first kappa shape index (κ1) is 14.8. The van der Waals surface area contributed by atoms with Crippen molar-refractivity contribution >= 4 is 22.4 Å². The minimum atomic E-state index is -0.391. The maximum absolute atomic E-state index is 11.9. The van der Waals surface area contributed by atoms with Gasteiger partial charge in [-0.3, -0.25) is 4.79 Å². The van der Waals surface area contributed by atoms with Crippen LogP contribution in [-0.4, -0.2) is 17.4 Å². The van der Waals surface area contributed by atoms with Crippen LogP contribution in [0.15, 0.2) is 53.7 Å². The molecule has 1 amide bonds. The number of nitrogens with one attached hydrogen (secondary N) is 2. The van der Waals surface area contributed by atoms with Gasteiger partial charge in [-0.15, -0.1) is 11.3 Å². The number of anilines is 1. The number of hydrogen-bond acceptors (Lipinski definition) is 5. The molecule has 0 aliphatic heterocycles. The Hall–Kier alpha value is -2.65. The van der Waals surface area contributed by atoms with Crippen LogP contribution in [0, 0.1) is 11.3 Å². The van der Waals surface area contributed by atoms with Gasteiger partial charge in [0.1, 0.15) is 11.6 Å². The molecule has 1 aromatic heterocycles. The molecule has 1 aromatic carbocycles. The van der Waals surface area contributed by atoms with Crippen LogP contribution in [0.1, 0.15) is 5.56 Å². The SMILES string of the molecule is N#C/C(=C/Nc1nccs1)C(=O)NCCc1ccccc1. The van der Waals surface area contributed by atoms with E-state index in [1.165, 1.54) is 17.5 Å². The zero-order chi connectivity index (χ0) is 14.9. The lowest BCUT2D eigenvalue weighted by molar-refractivity contribution is -0.117. The van der Waals surface area contributed by atoms with Crippen molar-refractivity contribution in [3.63, 3.8) is 0 Å². The van der Waals surface area contributed by atoms with E-state index >= 15 is 0 Å². The summed E-state index contributed by atoms with van der Waals surface area (Å²) >= 11 is 1.39. The number of carbonyl (C=O) groups is 1. The number of aromatic nitrogens is 1. The fourth-order valence-corrected chi connectivity index (χ4v) is 2.14. The molecule has 5 nitrogen and oxygen atoms in total. The van der Waals surface area contributed by atoms with Crippen molar-refractivity contribution in [3.8, 4) is 6.07 Å². The van der Waals surface area contributed by atoms with Gasteiger partial charge >= 0.3 is 0 Å². The third-order valence-electron chi connectivity index (χ3n) is 2.68. The summed E-state index contributed by atoms with van der Waals surface area (Å²) in [6, 6.07) is 11.7. The van der Waals surface area contributed by atoms with Crippen LogP contribution in [-0.2, 0) is 11.2 Å². The van der Waals surface area contributed by atoms with Gasteiger partial charge in [0.15, 0.2) is 5.13 Å². The van der Waals surface area contributed by atoms with Crippen LogP contribution >= 0.6 is 11.3 Å². The Morgan fingerprint density at radius 3 is 2.86 bits per heavy atom. The van der Waals surface area contributed by atoms with E-state index in [4.69, 9.17) is 5.26 Å². The van der Waals surface area contributed by atoms with E-state index in [0.29, 0.717) is 11.7 Å². The van der Waals surface area contributed by atoms with Gasteiger partial charge in [0.25, 0.3) is 5.91 Å². The van der Waals surface area contributed by atoms with Crippen molar-refractivity contribution in [2.24, 2.45) is 0 Å². The van der Waals surface area contributed by atoms with Crippen molar-refractivity contribution < 1.29 is 4.79 Å². The van der Waals surface area contributed by atoms with Crippen molar-refractivity contribution in [3.05, 3.63) is 59.2 Å².